The Kier molecular flexibility index (Phi) is 5.59. The summed E-state index contributed by atoms with van der Waals surface area (Å²) in [5, 5.41) is 1.79. The Labute approximate surface area is 154 Å². The van der Waals surface area contributed by atoms with Crippen LogP contribution in [0.1, 0.15) is 51.9 Å². The molecule has 2 aromatic carbocycles. The van der Waals surface area contributed by atoms with Crippen molar-refractivity contribution in [1.29, 1.82) is 0 Å². The van der Waals surface area contributed by atoms with Gasteiger partial charge in [-0.25, -0.2) is 9.59 Å². The predicted molar refractivity (Wildman–Crippen MR) is 100 cm³/mol. The van der Waals surface area contributed by atoms with Crippen molar-refractivity contribution in [2.45, 2.75) is 52.7 Å². The molecule has 0 radical (unpaired) electrons. The van der Waals surface area contributed by atoms with E-state index in [1.165, 1.54) is 0 Å². The minimum Gasteiger partial charge on any atom is -0.481 e. The number of ether oxygens (including phenoxy) is 3. The molecule has 0 heterocycles. The van der Waals surface area contributed by atoms with Gasteiger partial charge >= 0.3 is 11.9 Å². The second kappa shape index (κ2) is 7.36. The first-order chi connectivity index (χ1) is 11.9. The van der Waals surface area contributed by atoms with Crippen LogP contribution in [0.25, 0.3) is 10.8 Å². The highest BCUT2D eigenvalue weighted by Crippen LogP contribution is 2.28. The lowest BCUT2D eigenvalue weighted by molar-refractivity contribution is -0.157. The van der Waals surface area contributed by atoms with Crippen LogP contribution in [0.5, 0.6) is 5.75 Å². The van der Waals surface area contributed by atoms with Gasteiger partial charge in [0.15, 0.2) is 6.61 Å². The van der Waals surface area contributed by atoms with Crippen LogP contribution < -0.4 is 4.74 Å². The molecule has 0 aromatic heterocycles. The summed E-state index contributed by atoms with van der Waals surface area (Å²) >= 11 is 0. The molecule has 0 bridgehead atoms. The number of benzene rings is 2. The Bertz CT molecular complexity index is 809. The minimum atomic E-state index is -0.634. The Morgan fingerprint density at radius 1 is 0.846 bits per heavy atom. The van der Waals surface area contributed by atoms with Gasteiger partial charge in [0.05, 0.1) is 0 Å². The second-order valence-corrected chi connectivity index (χ2v) is 8.07. The summed E-state index contributed by atoms with van der Waals surface area (Å²) in [4.78, 5) is 24.5. The Balaban J connectivity index is 2.31. The average molecular weight is 358 g/mol. The molecule has 0 aliphatic carbocycles. The molecule has 0 unspecified atom stereocenters. The zero-order valence-electron chi connectivity index (χ0n) is 16.2. The van der Waals surface area contributed by atoms with Gasteiger partial charge in [-0.1, -0.05) is 24.3 Å². The van der Waals surface area contributed by atoms with Gasteiger partial charge < -0.3 is 14.2 Å². The van der Waals surface area contributed by atoms with Gasteiger partial charge in [0.1, 0.15) is 22.5 Å². The van der Waals surface area contributed by atoms with Crippen LogP contribution in [0, 0.1) is 0 Å². The number of esters is 2. The topological polar surface area (TPSA) is 61.8 Å². The summed E-state index contributed by atoms with van der Waals surface area (Å²) in [5.41, 5.74) is -0.953. The molecule has 2 aromatic rings. The highest BCUT2D eigenvalue weighted by atomic mass is 16.6. The number of hydrogen-bond acceptors (Lipinski definition) is 5. The molecule has 0 saturated carbocycles. The van der Waals surface area contributed by atoms with Crippen molar-refractivity contribution in [3.8, 4) is 5.75 Å². The van der Waals surface area contributed by atoms with E-state index < -0.39 is 23.1 Å². The van der Waals surface area contributed by atoms with E-state index in [1.807, 2.05) is 24.3 Å². The van der Waals surface area contributed by atoms with Crippen molar-refractivity contribution >= 4 is 22.7 Å². The summed E-state index contributed by atoms with van der Waals surface area (Å²) < 4.78 is 16.3. The van der Waals surface area contributed by atoms with Gasteiger partial charge in [0.2, 0.25) is 0 Å². The monoisotopic (exact) mass is 358 g/mol. The van der Waals surface area contributed by atoms with Gasteiger partial charge in [-0.15, -0.1) is 0 Å². The van der Waals surface area contributed by atoms with E-state index in [9.17, 15) is 9.59 Å². The minimum absolute atomic E-state index is 0.280. The highest BCUT2D eigenvalue weighted by molar-refractivity contribution is 5.99. The summed E-state index contributed by atoms with van der Waals surface area (Å²) in [6, 6.07) is 11.1. The maximum Gasteiger partial charge on any atom is 0.344 e. The molecule has 0 amide bonds. The fourth-order valence-corrected chi connectivity index (χ4v) is 2.34. The Hall–Kier alpha value is -2.56. The molecule has 0 atom stereocenters. The van der Waals surface area contributed by atoms with E-state index in [-0.39, 0.29) is 12.2 Å². The molecule has 0 saturated heterocycles. The lowest BCUT2D eigenvalue weighted by Gasteiger charge is -2.22. The normalized spacial score (nSPS) is 11.9. The molecule has 0 spiro atoms. The van der Waals surface area contributed by atoms with Gasteiger partial charge in [0.25, 0.3) is 0 Å². The van der Waals surface area contributed by atoms with E-state index >= 15 is 0 Å². The van der Waals surface area contributed by atoms with Crippen molar-refractivity contribution < 1.29 is 23.8 Å². The summed E-state index contributed by atoms with van der Waals surface area (Å²) in [5.74, 6) is -0.702. The van der Waals surface area contributed by atoms with Gasteiger partial charge in [-0.2, -0.15) is 0 Å². The quantitative estimate of drug-likeness (QED) is 0.752. The third kappa shape index (κ3) is 5.76. The van der Waals surface area contributed by atoms with Crippen LogP contribution >= 0.6 is 0 Å². The smallest absolute Gasteiger partial charge is 0.344 e. The van der Waals surface area contributed by atoms with E-state index in [0.29, 0.717) is 5.75 Å². The van der Waals surface area contributed by atoms with Crippen molar-refractivity contribution in [2.24, 2.45) is 0 Å². The van der Waals surface area contributed by atoms with Crippen LogP contribution in [0.15, 0.2) is 36.4 Å². The van der Waals surface area contributed by atoms with Crippen LogP contribution in [0.2, 0.25) is 0 Å². The third-order valence-corrected chi connectivity index (χ3v) is 3.23. The van der Waals surface area contributed by atoms with Gasteiger partial charge in [-0.3, -0.25) is 0 Å². The van der Waals surface area contributed by atoms with Crippen LogP contribution in [0.3, 0.4) is 0 Å². The molecule has 2 rings (SSSR count). The lowest BCUT2D eigenvalue weighted by Crippen LogP contribution is -2.28. The second-order valence-electron chi connectivity index (χ2n) is 8.07. The van der Waals surface area contributed by atoms with Gasteiger partial charge in [-0.05, 0) is 64.4 Å². The first-order valence-electron chi connectivity index (χ1n) is 8.55. The fraction of sp³-hybridized carbons (Fsp3) is 0.429. The maximum absolute atomic E-state index is 12.6. The summed E-state index contributed by atoms with van der Waals surface area (Å²) in [6.07, 6.45) is 0. The maximum atomic E-state index is 12.6. The first-order valence-corrected chi connectivity index (χ1v) is 8.55. The summed E-state index contributed by atoms with van der Waals surface area (Å²) in [7, 11) is 0. The SMILES string of the molecule is CC(C)(C)OC(=O)COc1cc2ccccc2cc1C(=O)OC(C)(C)C. The highest BCUT2D eigenvalue weighted by Gasteiger charge is 2.23. The average Bonchev–Trinajstić information content (AvgIpc) is 2.48. The summed E-state index contributed by atoms with van der Waals surface area (Å²) in [6.45, 7) is 10.5. The molecule has 0 aliphatic rings. The van der Waals surface area contributed by atoms with Crippen molar-refractivity contribution in [1.82, 2.24) is 0 Å². The number of fused-ring (bicyclic) bond motifs is 1. The Morgan fingerprint density at radius 3 is 1.92 bits per heavy atom. The largest absolute Gasteiger partial charge is 0.481 e. The standard InChI is InChI=1S/C21H26O5/c1-20(2,3)25-18(22)13-24-17-12-15-10-8-7-9-14(15)11-16(17)19(23)26-21(4,5)6/h7-12H,13H2,1-6H3. The Morgan fingerprint density at radius 2 is 1.38 bits per heavy atom. The number of carbonyl (C=O) groups excluding carboxylic acids is 2. The fourth-order valence-electron chi connectivity index (χ4n) is 2.34. The molecule has 26 heavy (non-hydrogen) atoms. The molecular formula is C21H26O5. The van der Waals surface area contributed by atoms with Crippen molar-refractivity contribution in [3.05, 3.63) is 42.0 Å². The van der Waals surface area contributed by atoms with E-state index in [4.69, 9.17) is 14.2 Å². The molecule has 5 nitrogen and oxygen atoms in total. The zero-order valence-corrected chi connectivity index (χ0v) is 16.2. The molecule has 0 fully saturated rings. The van der Waals surface area contributed by atoms with Gasteiger partial charge in [0, 0.05) is 0 Å². The third-order valence-electron chi connectivity index (χ3n) is 3.23. The molecule has 140 valence electrons. The number of carbonyl (C=O) groups is 2. The molecule has 5 heteroatoms. The van der Waals surface area contributed by atoms with Crippen LogP contribution in [-0.2, 0) is 14.3 Å². The van der Waals surface area contributed by atoms with Crippen LogP contribution in [-0.4, -0.2) is 29.7 Å². The van der Waals surface area contributed by atoms with E-state index in [1.54, 1.807) is 53.7 Å². The van der Waals surface area contributed by atoms with Crippen molar-refractivity contribution in [3.63, 3.8) is 0 Å². The van der Waals surface area contributed by atoms with Crippen LogP contribution in [0.4, 0.5) is 0 Å². The number of rotatable bonds is 4. The molecule has 0 N–H and O–H groups in total. The molecular weight excluding hydrogens is 332 g/mol. The number of hydrogen-bond donors (Lipinski definition) is 0. The lowest BCUT2D eigenvalue weighted by atomic mass is 10.1. The van der Waals surface area contributed by atoms with Crippen molar-refractivity contribution in [2.75, 3.05) is 6.61 Å². The van der Waals surface area contributed by atoms with E-state index in [2.05, 4.69) is 0 Å². The first kappa shape index (κ1) is 19.8. The zero-order chi connectivity index (χ0) is 19.5. The molecule has 0 aliphatic heterocycles. The predicted octanol–water partition coefficient (Wildman–Crippen LogP) is 4.52. The van der Waals surface area contributed by atoms with E-state index in [0.717, 1.165) is 10.8 Å².